The molecule has 0 unspecified atom stereocenters. The van der Waals surface area contributed by atoms with E-state index in [2.05, 4.69) is 4.72 Å². The zero-order valence-electron chi connectivity index (χ0n) is 11.4. The highest BCUT2D eigenvalue weighted by atomic mass is 32.2. The topological polar surface area (TPSA) is 46.2 Å². The van der Waals surface area contributed by atoms with E-state index < -0.39 is 32.6 Å². The fraction of sp³-hybridized carbons (Fsp3) is 0.200. The van der Waals surface area contributed by atoms with Crippen LogP contribution in [0, 0.1) is 11.6 Å². The van der Waals surface area contributed by atoms with Crippen molar-refractivity contribution in [3.8, 4) is 0 Å². The van der Waals surface area contributed by atoms with E-state index >= 15 is 0 Å². The second-order valence-electron chi connectivity index (χ2n) is 4.95. The van der Waals surface area contributed by atoms with Crippen LogP contribution >= 0.6 is 11.8 Å². The van der Waals surface area contributed by atoms with E-state index in [0.29, 0.717) is 12.5 Å². The predicted molar refractivity (Wildman–Crippen MR) is 81.2 cm³/mol. The van der Waals surface area contributed by atoms with E-state index in [9.17, 15) is 17.2 Å². The summed E-state index contributed by atoms with van der Waals surface area (Å²) in [4.78, 5) is 0.618. The van der Waals surface area contributed by atoms with Gasteiger partial charge in [-0.3, -0.25) is 0 Å². The Balaban J connectivity index is 1.93. The predicted octanol–water partition coefficient (Wildman–Crippen LogP) is 3.48. The van der Waals surface area contributed by atoms with Crippen LogP contribution in [0.3, 0.4) is 0 Å². The Labute approximate surface area is 131 Å². The highest BCUT2D eigenvalue weighted by Crippen LogP contribution is 2.36. The van der Waals surface area contributed by atoms with Gasteiger partial charge in [-0.2, -0.15) is 0 Å². The molecule has 1 N–H and O–H groups in total. The minimum absolute atomic E-state index is 0.395. The molecule has 2 aromatic carbocycles. The summed E-state index contributed by atoms with van der Waals surface area (Å²) in [5, 5.41) is 0. The molecule has 0 spiro atoms. The molecule has 0 fully saturated rings. The van der Waals surface area contributed by atoms with Crippen LogP contribution in [-0.2, 0) is 10.0 Å². The van der Waals surface area contributed by atoms with Gasteiger partial charge in [-0.1, -0.05) is 18.2 Å². The number of benzene rings is 2. The van der Waals surface area contributed by atoms with Crippen LogP contribution in [0.25, 0.3) is 0 Å². The maximum absolute atomic E-state index is 13.2. The van der Waals surface area contributed by atoms with Crippen LogP contribution < -0.4 is 4.72 Å². The van der Waals surface area contributed by atoms with Crippen molar-refractivity contribution in [2.75, 3.05) is 5.75 Å². The van der Waals surface area contributed by atoms with Gasteiger partial charge in [-0.15, -0.1) is 11.8 Å². The zero-order valence-corrected chi connectivity index (χ0v) is 13.1. The van der Waals surface area contributed by atoms with E-state index in [1.165, 1.54) is 0 Å². The Hall–Kier alpha value is -1.44. The lowest BCUT2D eigenvalue weighted by Crippen LogP contribution is -2.30. The number of rotatable bonds is 3. The molecule has 22 heavy (non-hydrogen) atoms. The van der Waals surface area contributed by atoms with Gasteiger partial charge in [0.25, 0.3) is 0 Å². The molecule has 0 amide bonds. The molecule has 3 nitrogen and oxygen atoms in total. The van der Waals surface area contributed by atoms with Gasteiger partial charge in [-0.25, -0.2) is 21.9 Å². The third-order valence-electron chi connectivity index (χ3n) is 3.40. The van der Waals surface area contributed by atoms with Gasteiger partial charge in [0.1, 0.15) is 11.6 Å². The summed E-state index contributed by atoms with van der Waals surface area (Å²) < 4.78 is 53.8. The minimum atomic E-state index is -3.99. The number of thioether (sulfide) groups is 1. The molecule has 1 aliphatic heterocycles. The van der Waals surface area contributed by atoms with E-state index in [1.807, 2.05) is 24.3 Å². The average Bonchev–Trinajstić information content (AvgIpc) is 2.46. The molecule has 1 heterocycles. The molecule has 2 aromatic rings. The number of hydrogen-bond donors (Lipinski definition) is 1. The largest absolute Gasteiger partial charge is 0.241 e. The van der Waals surface area contributed by atoms with Crippen molar-refractivity contribution in [2.45, 2.75) is 22.3 Å². The van der Waals surface area contributed by atoms with Crippen LogP contribution in [0.5, 0.6) is 0 Å². The number of hydrogen-bond acceptors (Lipinski definition) is 3. The lowest BCUT2D eigenvalue weighted by Gasteiger charge is -2.25. The highest BCUT2D eigenvalue weighted by molar-refractivity contribution is 7.99. The summed E-state index contributed by atoms with van der Waals surface area (Å²) in [6.45, 7) is 0. The monoisotopic (exact) mass is 341 g/mol. The summed E-state index contributed by atoms with van der Waals surface area (Å²) in [6, 6.07) is 9.41. The second-order valence-corrected chi connectivity index (χ2v) is 7.80. The summed E-state index contributed by atoms with van der Waals surface area (Å²) >= 11 is 1.66. The summed E-state index contributed by atoms with van der Waals surface area (Å²) in [5.74, 6) is -1.05. The fourth-order valence-electron chi connectivity index (χ4n) is 2.40. The Morgan fingerprint density at radius 1 is 1.09 bits per heavy atom. The first-order valence-corrected chi connectivity index (χ1v) is 9.13. The SMILES string of the molecule is O=S(=O)(N[C@H]1CCSc2ccccc21)c1cc(F)cc(F)c1. The first-order valence-electron chi connectivity index (χ1n) is 6.66. The third kappa shape index (κ3) is 3.16. The summed E-state index contributed by atoms with van der Waals surface area (Å²) in [7, 11) is -3.99. The van der Waals surface area contributed by atoms with Crippen LogP contribution in [0.15, 0.2) is 52.3 Å². The molecule has 1 aliphatic rings. The van der Waals surface area contributed by atoms with Gasteiger partial charge in [-0.05, 0) is 35.9 Å². The van der Waals surface area contributed by atoms with E-state index in [1.54, 1.807) is 11.8 Å². The fourth-order valence-corrected chi connectivity index (χ4v) is 4.82. The molecule has 0 aliphatic carbocycles. The van der Waals surface area contributed by atoms with Gasteiger partial charge in [0.05, 0.1) is 4.90 Å². The van der Waals surface area contributed by atoms with Crippen molar-refractivity contribution in [3.05, 3.63) is 59.7 Å². The molecule has 0 bridgehead atoms. The molecule has 7 heteroatoms. The Morgan fingerprint density at radius 2 is 1.77 bits per heavy atom. The lowest BCUT2D eigenvalue weighted by atomic mass is 10.1. The molecular formula is C15H13F2NO2S2. The molecule has 0 radical (unpaired) electrons. The lowest BCUT2D eigenvalue weighted by molar-refractivity contribution is 0.539. The Morgan fingerprint density at radius 3 is 2.50 bits per heavy atom. The van der Waals surface area contributed by atoms with Crippen molar-refractivity contribution in [1.29, 1.82) is 0 Å². The number of fused-ring (bicyclic) bond motifs is 1. The standard InChI is InChI=1S/C15H13F2NO2S2/c16-10-7-11(17)9-12(8-10)22(19,20)18-14-5-6-21-15-4-2-1-3-13(14)15/h1-4,7-9,14,18H,5-6H2/t14-/m0/s1. The first kappa shape index (κ1) is 15.5. The van der Waals surface area contributed by atoms with Gasteiger partial charge in [0.15, 0.2) is 0 Å². The quantitative estimate of drug-likeness (QED) is 0.930. The van der Waals surface area contributed by atoms with Crippen molar-refractivity contribution in [1.82, 2.24) is 4.72 Å². The van der Waals surface area contributed by atoms with Crippen molar-refractivity contribution < 1.29 is 17.2 Å². The number of nitrogens with one attached hydrogen (secondary N) is 1. The smallest absolute Gasteiger partial charge is 0.207 e. The van der Waals surface area contributed by atoms with Gasteiger partial charge in [0, 0.05) is 17.0 Å². The molecule has 1 atom stereocenters. The first-order chi connectivity index (χ1) is 10.5. The van der Waals surface area contributed by atoms with Crippen LogP contribution in [0.4, 0.5) is 8.78 Å². The van der Waals surface area contributed by atoms with Crippen LogP contribution in [0.2, 0.25) is 0 Å². The van der Waals surface area contributed by atoms with Crippen LogP contribution in [-0.4, -0.2) is 14.2 Å². The van der Waals surface area contributed by atoms with Crippen LogP contribution in [0.1, 0.15) is 18.0 Å². The van der Waals surface area contributed by atoms with Gasteiger partial charge < -0.3 is 0 Å². The van der Waals surface area contributed by atoms with E-state index in [-0.39, 0.29) is 0 Å². The van der Waals surface area contributed by atoms with Gasteiger partial charge in [0.2, 0.25) is 10.0 Å². The van der Waals surface area contributed by atoms with Crippen molar-refractivity contribution in [3.63, 3.8) is 0 Å². The Kier molecular flexibility index (Phi) is 4.20. The molecule has 0 aromatic heterocycles. The average molecular weight is 341 g/mol. The molecule has 116 valence electrons. The normalized spacial score (nSPS) is 18.0. The Bertz CT molecular complexity index is 789. The van der Waals surface area contributed by atoms with Crippen molar-refractivity contribution in [2.24, 2.45) is 0 Å². The number of sulfonamides is 1. The molecule has 0 saturated heterocycles. The molecule has 3 rings (SSSR count). The maximum Gasteiger partial charge on any atom is 0.241 e. The maximum atomic E-state index is 13.2. The second kappa shape index (κ2) is 5.98. The summed E-state index contributed by atoms with van der Waals surface area (Å²) in [6.07, 6.45) is 0.624. The summed E-state index contributed by atoms with van der Waals surface area (Å²) in [5.41, 5.74) is 0.888. The highest BCUT2D eigenvalue weighted by Gasteiger charge is 2.26. The number of halogens is 2. The zero-order chi connectivity index (χ0) is 15.7. The molecule has 0 saturated carbocycles. The molecular weight excluding hydrogens is 328 g/mol. The minimum Gasteiger partial charge on any atom is -0.207 e. The van der Waals surface area contributed by atoms with E-state index in [0.717, 1.165) is 28.3 Å². The third-order valence-corrected chi connectivity index (χ3v) is 5.98. The van der Waals surface area contributed by atoms with Crippen molar-refractivity contribution >= 4 is 21.8 Å². The van der Waals surface area contributed by atoms with Gasteiger partial charge >= 0.3 is 0 Å². The van der Waals surface area contributed by atoms with E-state index in [4.69, 9.17) is 0 Å².